The second-order valence-electron chi connectivity index (χ2n) is 5.36. The lowest BCUT2D eigenvalue weighted by Gasteiger charge is -2.31. The highest BCUT2D eigenvalue weighted by Crippen LogP contribution is 2.20. The van der Waals surface area contributed by atoms with E-state index in [2.05, 4.69) is 20.9 Å². The fourth-order valence-corrected chi connectivity index (χ4v) is 2.60. The van der Waals surface area contributed by atoms with E-state index in [1.165, 1.54) is 0 Å². The zero-order chi connectivity index (χ0) is 13.2. The zero-order valence-corrected chi connectivity index (χ0v) is 10.7. The van der Waals surface area contributed by atoms with Crippen LogP contribution in [0.15, 0.2) is 6.20 Å². The Morgan fingerprint density at radius 3 is 2.84 bits per heavy atom. The number of aliphatic hydroxyl groups is 1. The fraction of sp³-hybridized carbons (Fsp3) is 0.750. The van der Waals surface area contributed by atoms with Gasteiger partial charge in [-0.25, -0.2) is 4.68 Å². The standard InChI is InChI=1S/C12H19N5O2/c18-10-5-8(6-10)14-12(19)11-7-17(16-15-11)9-1-3-13-4-2-9/h7-10,13,18H,1-6H2,(H,14,19). The van der Waals surface area contributed by atoms with Crippen molar-refractivity contribution in [1.29, 1.82) is 0 Å². The molecule has 104 valence electrons. The molecule has 1 aromatic heterocycles. The molecule has 0 unspecified atom stereocenters. The van der Waals surface area contributed by atoms with Crippen LogP contribution in [0.1, 0.15) is 42.2 Å². The molecule has 1 aliphatic carbocycles. The Balaban J connectivity index is 1.58. The van der Waals surface area contributed by atoms with Gasteiger partial charge in [0.15, 0.2) is 5.69 Å². The molecule has 7 nitrogen and oxygen atoms in total. The number of hydrogen-bond donors (Lipinski definition) is 3. The van der Waals surface area contributed by atoms with Crippen LogP contribution >= 0.6 is 0 Å². The van der Waals surface area contributed by atoms with Crippen molar-refractivity contribution in [2.75, 3.05) is 13.1 Å². The molecule has 7 heteroatoms. The quantitative estimate of drug-likeness (QED) is 0.682. The summed E-state index contributed by atoms with van der Waals surface area (Å²) in [6.45, 7) is 1.96. The van der Waals surface area contributed by atoms with Gasteiger partial charge in [0.05, 0.1) is 18.3 Å². The monoisotopic (exact) mass is 265 g/mol. The van der Waals surface area contributed by atoms with Gasteiger partial charge in [0.2, 0.25) is 0 Å². The maximum atomic E-state index is 11.9. The SMILES string of the molecule is O=C(NC1CC(O)C1)c1cn(C2CCNCC2)nn1. The van der Waals surface area contributed by atoms with Gasteiger partial charge in [-0.15, -0.1) is 5.10 Å². The Morgan fingerprint density at radius 2 is 2.16 bits per heavy atom. The van der Waals surface area contributed by atoms with Crippen LogP contribution in [0.3, 0.4) is 0 Å². The molecule has 0 spiro atoms. The van der Waals surface area contributed by atoms with Crippen molar-refractivity contribution in [3.8, 4) is 0 Å². The lowest BCUT2D eigenvalue weighted by molar-refractivity contribution is 0.0560. The molecule has 2 fully saturated rings. The summed E-state index contributed by atoms with van der Waals surface area (Å²) in [6.07, 6.45) is 4.75. The Morgan fingerprint density at radius 1 is 1.42 bits per heavy atom. The van der Waals surface area contributed by atoms with E-state index < -0.39 is 0 Å². The van der Waals surface area contributed by atoms with E-state index in [1.54, 1.807) is 10.9 Å². The number of nitrogens with zero attached hydrogens (tertiary/aromatic N) is 3. The molecule has 2 heterocycles. The van der Waals surface area contributed by atoms with Gasteiger partial charge in [0.1, 0.15) is 0 Å². The van der Waals surface area contributed by atoms with Gasteiger partial charge in [-0.1, -0.05) is 5.21 Å². The Labute approximate surface area is 111 Å². The number of carbonyl (C=O) groups excluding carboxylic acids is 1. The molecule has 1 aliphatic heterocycles. The summed E-state index contributed by atoms with van der Waals surface area (Å²) >= 11 is 0. The van der Waals surface area contributed by atoms with Crippen LogP contribution in [0.4, 0.5) is 0 Å². The summed E-state index contributed by atoms with van der Waals surface area (Å²) in [5.74, 6) is -0.197. The third kappa shape index (κ3) is 2.76. The van der Waals surface area contributed by atoms with Crippen molar-refractivity contribution < 1.29 is 9.90 Å². The van der Waals surface area contributed by atoms with Crippen molar-refractivity contribution in [1.82, 2.24) is 25.6 Å². The molecule has 19 heavy (non-hydrogen) atoms. The lowest BCUT2D eigenvalue weighted by Crippen LogP contribution is -2.46. The maximum Gasteiger partial charge on any atom is 0.273 e. The van der Waals surface area contributed by atoms with Crippen molar-refractivity contribution in [3.05, 3.63) is 11.9 Å². The molecular formula is C12H19N5O2. The summed E-state index contributed by atoms with van der Waals surface area (Å²) in [4.78, 5) is 11.9. The van der Waals surface area contributed by atoms with E-state index in [-0.39, 0.29) is 18.1 Å². The first kappa shape index (κ1) is 12.6. The van der Waals surface area contributed by atoms with Crippen LogP contribution in [0.5, 0.6) is 0 Å². The molecule has 0 radical (unpaired) electrons. The summed E-state index contributed by atoms with van der Waals surface area (Å²) < 4.78 is 1.80. The van der Waals surface area contributed by atoms with Crippen molar-refractivity contribution in [3.63, 3.8) is 0 Å². The van der Waals surface area contributed by atoms with Gasteiger partial charge >= 0.3 is 0 Å². The van der Waals surface area contributed by atoms with Crippen LogP contribution < -0.4 is 10.6 Å². The third-order valence-electron chi connectivity index (χ3n) is 3.87. The second kappa shape index (κ2) is 5.26. The first-order valence-corrected chi connectivity index (χ1v) is 6.84. The summed E-state index contributed by atoms with van der Waals surface area (Å²) in [7, 11) is 0. The van der Waals surface area contributed by atoms with Gasteiger partial charge in [-0.05, 0) is 38.8 Å². The topological polar surface area (TPSA) is 92.1 Å². The van der Waals surface area contributed by atoms with Crippen LogP contribution in [0.25, 0.3) is 0 Å². The van der Waals surface area contributed by atoms with E-state index in [1.807, 2.05) is 0 Å². The Kier molecular flexibility index (Phi) is 3.48. The van der Waals surface area contributed by atoms with Gasteiger partial charge in [0, 0.05) is 6.04 Å². The molecule has 2 aliphatic rings. The van der Waals surface area contributed by atoms with Crippen LogP contribution in [0, 0.1) is 0 Å². The van der Waals surface area contributed by atoms with E-state index in [0.717, 1.165) is 25.9 Å². The minimum atomic E-state index is -0.268. The van der Waals surface area contributed by atoms with E-state index in [9.17, 15) is 9.90 Å². The molecule has 1 saturated carbocycles. The number of aromatic nitrogens is 3. The fourth-order valence-electron chi connectivity index (χ4n) is 2.60. The molecule has 1 amide bonds. The zero-order valence-electron chi connectivity index (χ0n) is 10.7. The lowest BCUT2D eigenvalue weighted by atomic mass is 9.89. The molecule has 3 N–H and O–H groups in total. The number of hydrogen-bond acceptors (Lipinski definition) is 5. The Bertz CT molecular complexity index is 449. The van der Waals surface area contributed by atoms with E-state index in [0.29, 0.717) is 24.6 Å². The summed E-state index contributed by atoms with van der Waals surface area (Å²) in [5, 5.41) is 23.3. The number of piperidine rings is 1. The first-order chi connectivity index (χ1) is 9.22. The van der Waals surface area contributed by atoms with Gasteiger partial charge < -0.3 is 15.7 Å². The second-order valence-corrected chi connectivity index (χ2v) is 5.36. The predicted molar refractivity (Wildman–Crippen MR) is 67.7 cm³/mol. The number of amides is 1. The highest BCUT2D eigenvalue weighted by Gasteiger charge is 2.29. The van der Waals surface area contributed by atoms with Crippen molar-refractivity contribution in [2.24, 2.45) is 0 Å². The molecule has 1 saturated heterocycles. The van der Waals surface area contributed by atoms with Crippen LogP contribution in [0.2, 0.25) is 0 Å². The number of aliphatic hydroxyl groups excluding tert-OH is 1. The molecule has 0 aromatic carbocycles. The Hall–Kier alpha value is -1.47. The molecule has 0 bridgehead atoms. The van der Waals surface area contributed by atoms with Gasteiger partial charge in [0.25, 0.3) is 5.91 Å². The summed E-state index contributed by atoms with van der Waals surface area (Å²) in [5.41, 5.74) is 0.361. The van der Waals surface area contributed by atoms with Crippen LogP contribution in [-0.4, -0.2) is 51.2 Å². The molecule has 1 aromatic rings. The smallest absolute Gasteiger partial charge is 0.273 e. The molecule has 3 rings (SSSR count). The van der Waals surface area contributed by atoms with Gasteiger partial charge in [-0.2, -0.15) is 0 Å². The highest BCUT2D eigenvalue weighted by atomic mass is 16.3. The largest absolute Gasteiger partial charge is 0.393 e. The van der Waals surface area contributed by atoms with Gasteiger partial charge in [-0.3, -0.25) is 4.79 Å². The predicted octanol–water partition coefficient (Wildman–Crippen LogP) is -0.544. The number of carbonyl (C=O) groups is 1. The van der Waals surface area contributed by atoms with E-state index >= 15 is 0 Å². The van der Waals surface area contributed by atoms with E-state index in [4.69, 9.17) is 0 Å². The number of rotatable bonds is 3. The molecular weight excluding hydrogens is 246 g/mol. The first-order valence-electron chi connectivity index (χ1n) is 6.84. The van der Waals surface area contributed by atoms with Crippen LogP contribution in [-0.2, 0) is 0 Å². The number of nitrogens with one attached hydrogen (secondary N) is 2. The maximum absolute atomic E-state index is 11.9. The van der Waals surface area contributed by atoms with Crippen molar-refractivity contribution >= 4 is 5.91 Å². The third-order valence-corrected chi connectivity index (χ3v) is 3.87. The average molecular weight is 265 g/mol. The summed E-state index contributed by atoms with van der Waals surface area (Å²) in [6, 6.07) is 0.410. The molecule has 0 atom stereocenters. The van der Waals surface area contributed by atoms with Crippen molar-refractivity contribution in [2.45, 2.75) is 43.9 Å². The normalized spacial score (nSPS) is 27.8. The minimum absolute atomic E-state index is 0.0755. The highest BCUT2D eigenvalue weighted by molar-refractivity contribution is 5.92. The average Bonchev–Trinajstić information content (AvgIpc) is 2.87. The minimum Gasteiger partial charge on any atom is -0.393 e.